The van der Waals surface area contributed by atoms with Gasteiger partial charge in [-0.1, -0.05) is 129 Å². The molecule has 0 bridgehead atoms. The normalized spacial score (nSPS) is 10.3. The van der Waals surface area contributed by atoms with E-state index in [1.165, 1.54) is 96.3 Å². The maximum Gasteiger partial charge on any atom is 0.313 e. The average molecular weight is 541 g/mol. The van der Waals surface area contributed by atoms with Gasteiger partial charge in [0.2, 0.25) is 0 Å². The number of hydrogen-bond donors (Lipinski definition) is 0. The molecule has 0 aliphatic heterocycles. The number of ether oxygens (including phenoxy) is 1. The molecule has 0 spiro atoms. The van der Waals surface area contributed by atoms with Crippen LogP contribution in [0.4, 0.5) is 0 Å². The summed E-state index contributed by atoms with van der Waals surface area (Å²) in [6.07, 6.45) is 25.9. The Bertz CT molecular complexity index is 376. The van der Waals surface area contributed by atoms with Crippen molar-refractivity contribution in [3.63, 3.8) is 0 Å². The number of rotatable bonds is 22. The van der Waals surface area contributed by atoms with Gasteiger partial charge in [-0.25, -0.2) is 0 Å². The van der Waals surface area contributed by atoms with Crippen LogP contribution >= 0.6 is 0 Å². The Kier molecular flexibility index (Phi) is 35.3. The first kappa shape index (κ1) is 36.0. The summed E-state index contributed by atoms with van der Waals surface area (Å²) in [4.78, 5) is 23.3. The predicted octanol–water partition coefficient (Wildman–Crippen LogP) is 8.67. The molecule has 0 N–H and O–H groups in total. The molecule has 0 saturated carbocycles. The number of hydrogen-bond acceptors (Lipinski definition) is 3. The summed E-state index contributed by atoms with van der Waals surface area (Å²) in [6.45, 7) is 4.44. The summed E-state index contributed by atoms with van der Waals surface area (Å²) >= 11 is 0. The van der Waals surface area contributed by atoms with Crippen LogP contribution in [0.1, 0.15) is 155 Å². The standard InChI is InChI=1S/C26H50O3.2Zn/c1-3-5-7-9-10-11-12-13-14-15-16-17-18-20-22-24-26(28)29-25(27)23-21-19-8-6-4-2;;/h3-24H2,1-2H3;;. The number of carbonyl (C=O) groups excluding carboxylic acids is 2. The second-order valence-corrected chi connectivity index (χ2v) is 8.71. The molecule has 0 aromatic rings. The number of unbranched alkanes of at least 4 members (excludes halogenated alkanes) is 18. The van der Waals surface area contributed by atoms with Crippen LogP contribution in [0.5, 0.6) is 0 Å². The summed E-state index contributed by atoms with van der Waals surface area (Å²) in [5.74, 6) is -0.675. The van der Waals surface area contributed by atoms with E-state index in [-0.39, 0.29) is 50.9 Å². The van der Waals surface area contributed by atoms with Crippen LogP contribution in [-0.2, 0) is 53.3 Å². The van der Waals surface area contributed by atoms with Crippen LogP contribution in [0.15, 0.2) is 0 Å². The third-order valence-electron chi connectivity index (χ3n) is 5.70. The summed E-state index contributed by atoms with van der Waals surface area (Å²) in [6, 6.07) is 0. The van der Waals surface area contributed by atoms with Crippen LogP contribution in [-0.4, -0.2) is 11.9 Å². The average Bonchev–Trinajstić information content (AvgIpc) is 2.70. The van der Waals surface area contributed by atoms with Crippen molar-refractivity contribution in [2.24, 2.45) is 0 Å². The van der Waals surface area contributed by atoms with E-state index >= 15 is 0 Å². The number of carbonyl (C=O) groups is 2. The molecule has 0 aromatic heterocycles. The Balaban J connectivity index is -0.00000392. The van der Waals surface area contributed by atoms with Crippen molar-refractivity contribution in [2.75, 3.05) is 0 Å². The van der Waals surface area contributed by atoms with Crippen LogP contribution in [0.2, 0.25) is 0 Å². The molecular formula is C26H50O3Zn2. The first-order valence-corrected chi connectivity index (χ1v) is 12.9. The molecule has 0 unspecified atom stereocenters. The molecule has 0 aromatic carbocycles. The molecule has 31 heavy (non-hydrogen) atoms. The van der Waals surface area contributed by atoms with E-state index in [9.17, 15) is 9.59 Å². The van der Waals surface area contributed by atoms with Gasteiger partial charge < -0.3 is 4.74 Å². The molecule has 5 heteroatoms. The summed E-state index contributed by atoms with van der Waals surface area (Å²) in [7, 11) is 0. The van der Waals surface area contributed by atoms with Crippen molar-refractivity contribution in [3.8, 4) is 0 Å². The maximum atomic E-state index is 11.7. The molecule has 0 aliphatic rings. The van der Waals surface area contributed by atoms with Gasteiger partial charge in [0.25, 0.3) is 0 Å². The Labute approximate surface area is 219 Å². The molecule has 0 radical (unpaired) electrons. The monoisotopic (exact) mass is 538 g/mol. The van der Waals surface area contributed by atoms with Crippen molar-refractivity contribution in [3.05, 3.63) is 0 Å². The molecule has 0 rings (SSSR count). The van der Waals surface area contributed by atoms with Crippen LogP contribution in [0.25, 0.3) is 0 Å². The van der Waals surface area contributed by atoms with Crippen LogP contribution < -0.4 is 0 Å². The van der Waals surface area contributed by atoms with Gasteiger partial charge in [-0.3, -0.25) is 9.59 Å². The fourth-order valence-electron chi connectivity index (χ4n) is 3.74. The third-order valence-corrected chi connectivity index (χ3v) is 5.70. The molecule has 0 fully saturated rings. The zero-order chi connectivity index (χ0) is 21.4. The fraction of sp³-hybridized carbons (Fsp3) is 0.923. The zero-order valence-corrected chi connectivity index (χ0v) is 27.1. The Hall–Kier alpha value is 0.387. The molecule has 0 heterocycles. The van der Waals surface area contributed by atoms with Crippen molar-refractivity contribution in [1.29, 1.82) is 0 Å². The minimum Gasteiger partial charge on any atom is -0.393 e. The van der Waals surface area contributed by atoms with Gasteiger partial charge in [0, 0.05) is 51.8 Å². The van der Waals surface area contributed by atoms with Gasteiger partial charge in [-0.2, -0.15) is 0 Å². The molecular weight excluding hydrogens is 491 g/mol. The Morgan fingerprint density at radius 2 is 0.645 bits per heavy atom. The Morgan fingerprint density at radius 1 is 0.419 bits per heavy atom. The van der Waals surface area contributed by atoms with E-state index in [4.69, 9.17) is 4.74 Å². The zero-order valence-electron chi connectivity index (χ0n) is 21.2. The molecule has 176 valence electrons. The van der Waals surface area contributed by atoms with Crippen molar-refractivity contribution in [2.45, 2.75) is 155 Å². The topological polar surface area (TPSA) is 43.4 Å². The molecule has 0 amide bonds. The molecule has 0 atom stereocenters. The first-order valence-electron chi connectivity index (χ1n) is 12.9. The van der Waals surface area contributed by atoms with Gasteiger partial charge in [0.1, 0.15) is 0 Å². The minimum atomic E-state index is -0.340. The van der Waals surface area contributed by atoms with E-state index < -0.39 is 0 Å². The van der Waals surface area contributed by atoms with Crippen molar-refractivity contribution < 1.29 is 53.3 Å². The van der Waals surface area contributed by atoms with E-state index in [2.05, 4.69) is 13.8 Å². The second-order valence-electron chi connectivity index (χ2n) is 8.71. The van der Waals surface area contributed by atoms with E-state index in [1.807, 2.05) is 0 Å². The van der Waals surface area contributed by atoms with Crippen LogP contribution in [0.3, 0.4) is 0 Å². The summed E-state index contributed by atoms with van der Waals surface area (Å²) < 4.78 is 4.90. The van der Waals surface area contributed by atoms with E-state index in [1.54, 1.807) is 0 Å². The third kappa shape index (κ3) is 30.4. The SMILES string of the molecule is CCCCCCCCCCCCCCCCCC(=O)OC(=O)CCCCCCC.[Zn].[Zn]. The predicted molar refractivity (Wildman–Crippen MR) is 124 cm³/mol. The van der Waals surface area contributed by atoms with Gasteiger partial charge in [-0.15, -0.1) is 0 Å². The summed E-state index contributed by atoms with van der Waals surface area (Å²) in [5, 5.41) is 0. The Morgan fingerprint density at radius 3 is 0.903 bits per heavy atom. The largest absolute Gasteiger partial charge is 0.393 e. The van der Waals surface area contributed by atoms with E-state index in [0.29, 0.717) is 12.8 Å². The molecule has 0 saturated heterocycles. The maximum absolute atomic E-state index is 11.7. The van der Waals surface area contributed by atoms with Gasteiger partial charge in [0.15, 0.2) is 0 Å². The fourth-order valence-corrected chi connectivity index (χ4v) is 3.74. The van der Waals surface area contributed by atoms with Gasteiger partial charge in [-0.05, 0) is 12.8 Å². The van der Waals surface area contributed by atoms with Gasteiger partial charge >= 0.3 is 11.9 Å². The quantitative estimate of drug-likeness (QED) is 0.0596. The molecule has 3 nitrogen and oxygen atoms in total. The molecule has 0 aliphatic carbocycles. The van der Waals surface area contributed by atoms with Gasteiger partial charge in [0.05, 0.1) is 0 Å². The second kappa shape index (κ2) is 30.4. The smallest absolute Gasteiger partial charge is 0.313 e. The minimum absolute atomic E-state index is 0. The first-order chi connectivity index (χ1) is 14.2. The van der Waals surface area contributed by atoms with Crippen molar-refractivity contribution >= 4 is 11.9 Å². The number of esters is 2. The van der Waals surface area contributed by atoms with E-state index in [0.717, 1.165) is 32.1 Å². The van der Waals surface area contributed by atoms with Crippen LogP contribution in [0, 0.1) is 0 Å². The summed E-state index contributed by atoms with van der Waals surface area (Å²) in [5.41, 5.74) is 0. The van der Waals surface area contributed by atoms with Crippen molar-refractivity contribution in [1.82, 2.24) is 0 Å².